The molecule has 22 heavy (non-hydrogen) atoms. The van der Waals surface area contributed by atoms with E-state index in [-0.39, 0.29) is 11.7 Å². The van der Waals surface area contributed by atoms with Crippen LogP contribution in [0.1, 0.15) is 32.7 Å². The number of amides is 1. The van der Waals surface area contributed by atoms with Crippen molar-refractivity contribution in [3.05, 3.63) is 57.6 Å². The first-order valence-corrected chi connectivity index (χ1v) is 8.70. The Morgan fingerprint density at radius 1 is 1.27 bits per heavy atom. The number of nitrogens with one attached hydrogen (secondary N) is 1. The highest BCUT2D eigenvalue weighted by Gasteiger charge is 2.23. The average molecular weight is 376 g/mol. The average Bonchev–Trinajstić information content (AvgIpc) is 2.50. The van der Waals surface area contributed by atoms with E-state index in [2.05, 4.69) is 21.2 Å². The van der Waals surface area contributed by atoms with Gasteiger partial charge in [0.05, 0.1) is 5.56 Å². The summed E-state index contributed by atoms with van der Waals surface area (Å²) in [5.41, 5.74) is 2.99. The van der Waals surface area contributed by atoms with E-state index >= 15 is 0 Å². The van der Waals surface area contributed by atoms with Crippen LogP contribution in [0, 0.1) is 6.92 Å². The van der Waals surface area contributed by atoms with Gasteiger partial charge < -0.3 is 5.32 Å². The molecule has 0 saturated carbocycles. The van der Waals surface area contributed by atoms with Gasteiger partial charge in [0.15, 0.2) is 5.78 Å². The molecule has 0 fully saturated rings. The molecule has 1 N–H and O–H groups in total. The zero-order valence-corrected chi connectivity index (χ0v) is 14.4. The number of halogens is 1. The van der Waals surface area contributed by atoms with Gasteiger partial charge in [0, 0.05) is 32.8 Å². The van der Waals surface area contributed by atoms with Gasteiger partial charge in [0.2, 0.25) is 0 Å². The lowest BCUT2D eigenvalue weighted by Gasteiger charge is -2.18. The maximum absolute atomic E-state index is 12.6. The normalized spacial score (nSPS) is 13.6. The van der Waals surface area contributed by atoms with Gasteiger partial charge in [-0.3, -0.25) is 9.59 Å². The van der Waals surface area contributed by atoms with Crippen molar-refractivity contribution in [1.82, 2.24) is 0 Å². The Labute approximate surface area is 141 Å². The largest absolute Gasteiger partial charge is 0.322 e. The Kier molecular flexibility index (Phi) is 4.36. The molecule has 1 aliphatic heterocycles. The predicted octanol–water partition coefficient (Wildman–Crippen LogP) is 4.69. The van der Waals surface area contributed by atoms with Gasteiger partial charge in [-0.2, -0.15) is 0 Å². The van der Waals surface area contributed by atoms with E-state index in [1.54, 1.807) is 30.0 Å². The third kappa shape index (κ3) is 2.96. The summed E-state index contributed by atoms with van der Waals surface area (Å²) in [6, 6.07) is 11.0. The molecule has 1 aliphatic rings. The van der Waals surface area contributed by atoms with Crippen molar-refractivity contribution in [2.24, 2.45) is 0 Å². The van der Waals surface area contributed by atoms with Crippen molar-refractivity contribution in [1.29, 1.82) is 0 Å². The molecule has 0 saturated heterocycles. The number of anilines is 1. The third-order valence-electron chi connectivity index (χ3n) is 3.57. The van der Waals surface area contributed by atoms with Crippen molar-refractivity contribution in [2.45, 2.75) is 18.2 Å². The number of fused-ring (bicyclic) bond motifs is 1. The number of rotatable bonds is 2. The smallest absolute Gasteiger partial charge is 0.256 e. The molecular formula is C17H14BrNO2S. The Morgan fingerprint density at radius 2 is 2.09 bits per heavy atom. The highest BCUT2D eigenvalue weighted by atomic mass is 79.9. The fraction of sp³-hybridized carbons (Fsp3) is 0.176. The number of aryl methyl sites for hydroxylation is 1. The van der Waals surface area contributed by atoms with Gasteiger partial charge in [-0.1, -0.05) is 28.1 Å². The van der Waals surface area contributed by atoms with Crippen LogP contribution in [0.3, 0.4) is 0 Å². The topological polar surface area (TPSA) is 46.2 Å². The summed E-state index contributed by atoms with van der Waals surface area (Å²) < 4.78 is 0.973. The van der Waals surface area contributed by atoms with E-state index in [0.29, 0.717) is 17.5 Å². The minimum atomic E-state index is -0.176. The second-order valence-corrected chi connectivity index (χ2v) is 7.14. The zero-order chi connectivity index (χ0) is 15.7. The van der Waals surface area contributed by atoms with Crippen LogP contribution >= 0.6 is 27.7 Å². The number of carbonyl (C=O) groups excluding carboxylic acids is 2. The summed E-state index contributed by atoms with van der Waals surface area (Å²) in [4.78, 5) is 25.3. The molecule has 0 unspecified atom stereocenters. The first-order valence-electron chi connectivity index (χ1n) is 6.93. The molecule has 0 bridgehead atoms. The summed E-state index contributed by atoms with van der Waals surface area (Å²) in [7, 11) is 0. The maximum Gasteiger partial charge on any atom is 0.256 e. The molecule has 0 atom stereocenters. The van der Waals surface area contributed by atoms with Crippen LogP contribution in [0.4, 0.5) is 5.69 Å². The van der Waals surface area contributed by atoms with Crippen LogP contribution in [0.5, 0.6) is 0 Å². The molecule has 3 rings (SSSR count). The van der Waals surface area contributed by atoms with E-state index in [1.807, 2.05) is 25.1 Å². The number of benzene rings is 2. The highest BCUT2D eigenvalue weighted by molar-refractivity contribution is 9.10. The molecule has 2 aromatic rings. The Bertz CT molecular complexity index is 773. The van der Waals surface area contributed by atoms with Gasteiger partial charge in [-0.05, 0) is 36.8 Å². The molecule has 0 radical (unpaired) electrons. The molecule has 112 valence electrons. The van der Waals surface area contributed by atoms with Gasteiger partial charge >= 0.3 is 0 Å². The van der Waals surface area contributed by atoms with E-state index in [1.165, 1.54) is 0 Å². The number of carbonyl (C=O) groups is 2. The molecule has 3 nitrogen and oxygen atoms in total. The molecule has 2 aromatic carbocycles. The molecule has 0 aromatic heterocycles. The number of Topliss-reactive ketones (excluding diaryl/α,β-unsaturated/α-hetero) is 1. The summed E-state index contributed by atoms with van der Waals surface area (Å²) in [6.07, 6.45) is 0.536. The molecule has 0 aliphatic carbocycles. The highest BCUT2D eigenvalue weighted by Crippen LogP contribution is 2.33. The van der Waals surface area contributed by atoms with Crippen LogP contribution in [0.2, 0.25) is 0 Å². The Morgan fingerprint density at radius 3 is 2.86 bits per heavy atom. The Balaban J connectivity index is 1.93. The third-order valence-corrected chi connectivity index (χ3v) is 5.20. The summed E-state index contributed by atoms with van der Waals surface area (Å²) in [5, 5.41) is 2.93. The lowest BCUT2D eigenvalue weighted by Crippen LogP contribution is -2.17. The molecule has 1 amide bonds. The van der Waals surface area contributed by atoms with E-state index in [9.17, 15) is 9.59 Å². The molecule has 0 spiro atoms. The molecule has 5 heteroatoms. The van der Waals surface area contributed by atoms with Gasteiger partial charge in [-0.15, -0.1) is 11.8 Å². The fourth-order valence-corrected chi connectivity index (χ4v) is 4.05. The van der Waals surface area contributed by atoms with E-state index in [0.717, 1.165) is 26.4 Å². The lowest BCUT2D eigenvalue weighted by atomic mass is 10.0. The van der Waals surface area contributed by atoms with Crippen LogP contribution in [-0.4, -0.2) is 17.4 Å². The lowest BCUT2D eigenvalue weighted by molar-refractivity contribution is 0.0984. The van der Waals surface area contributed by atoms with Crippen molar-refractivity contribution >= 4 is 45.1 Å². The van der Waals surface area contributed by atoms with Crippen LogP contribution < -0.4 is 5.32 Å². The van der Waals surface area contributed by atoms with E-state index in [4.69, 9.17) is 0 Å². The minimum Gasteiger partial charge on any atom is -0.322 e. The van der Waals surface area contributed by atoms with Crippen molar-refractivity contribution in [2.75, 3.05) is 11.1 Å². The predicted molar refractivity (Wildman–Crippen MR) is 92.9 cm³/mol. The molecular weight excluding hydrogens is 362 g/mol. The second kappa shape index (κ2) is 6.26. The quantitative estimate of drug-likeness (QED) is 0.827. The number of thioether (sulfide) groups is 1. The van der Waals surface area contributed by atoms with E-state index < -0.39 is 0 Å². The summed E-state index contributed by atoms with van der Waals surface area (Å²) in [6.45, 7) is 1.94. The minimum absolute atomic E-state index is 0.114. The maximum atomic E-state index is 12.6. The van der Waals surface area contributed by atoms with Crippen molar-refractivity contribution in [3.8, 4) is 0 Å². The standard InChI is InChI=1S/C17H14BrNO2S/c1-10-9-11(18)5-6-14(10)19-17(21)13-4-2-3-12-15(20)7-8-22-16(12)13/h2-6,9H,7-8H2,1H3,(H,19,21). The molecule has 1 heterocycles. The Hall–Kier alpha value is -1.59. The van der Waals surface area contributed by atoms with Gasteiger partial charge in [0.25, 0.3) is 5.91 Å². The van der Waals surface area contributed by atoms with Crippen LogP contribution in [-0.2, 0) is 0 Å². The second-order valence-electron chi connectivity index (χ2n) is 5.12. The number of hydrogen-bond acceptors (Lipinski definition) is 3. The zero-order valence-electron chi connectivity index (χ0n) is 12.0. The first kappa shape index (κ1) is 15.3. The van der Waals surface area contributed by atoms with Crippen LogP contribution in [0.25, 0.3) is 0 Å². The van der Waals surface area contributed by atoms with Crippen LogP contribution in [0.15, 0.2) is 45.8 Å². The van der Waals surface area contributed by atoms with Gasteiger partial charge in [0.1, 0.15) is 0 Å². The van der Waals surface area contributed by atoms with Crippen molar-refractivity contribution in [3.63, 3.8) is 0 Å². The fourth-order valence-electron chi connectivity index (χ4n) is 2.43. The van der Waals surface area contributed by atoms with Gasteiger partial charge in [-0.25, -0.2) is 0 Å². The first-order chi connectivity index (χ1) is 10.6. The summed E-state index contributed by atoms with van der Waals surface area (Å²) >= 11 is 4.99. The monoisotopic (exact) mass is 375 g/mol. The van der Waals surface area contributed by atoms with Crippen molar-refractivity contribution < 1.29 is 9.59 Å². The number of ketones is 1. The number of hydrogen-bond donors (Lipinski definition) is 1. The SMILES string of the molecule is Cc1cc(Br)ccc1NC(=O)c1cccc2c1SCCC2=O. The summed E-state index contributed by atoms with van der Waals surface area (Å²) in [5.74, 6) is 0.667.